The van der Waals surface area contributed by atoms with Gasteiger partial charge in [-0.25, -0.2) is 0 Å². The Morgan fingerprint density at radius 2 is 1.95 bits per heavy atom. The van der Waals surface area contributed by atoms with Crippen LogP contribution in [0.4, 0.5) is 0 Å². The Balaban J connectivity index is 1.48. The van der Waals surface area contributed by atoms with Crippen LogP contribution in [0, 0.1) is 0 Å². The maximum atomic E-state index is 5.86. The van der Waals surface area contributed by atoms with E-state index in [-0.39, 0.29) is 0 Å². The number of hydrogen-bond acceptors (Lipinski definition) is 4. The molecule has 0 saturated carbocycles. The summed E-state index contributed by atoms with van der Waals surface area (Å²) in [5.41, 5.74) is 6.78. The zero-order valence-electron chi connectivity index (χ0n) is 11.3. The van der Waals surface area contributed by atoms with E-state index in [9.17, 15) is 0 Å². The highest BCUT2D eigenvalue weighted by Crippen LogP contribution is 2.26. The Morgan fingerprint density at radius 1 is 1.21 bits per heavy atom. The van der Waals surface area contributed by atoms with Crippen molar-refractivity contribution in [3.05, 3.63) is 29.8 Å². The van der Waals surface area contributed by atoms with Crippen LogP contribution in [-0.2, 0) is 11.3 Å². The van der Waals surface area contributed by atoms with E-state index in [1.807, 2.05) is 24.3 Å². The van der Waals surface area contributed by atoms with Gasteiger partial charge in [-0.2, -0.15) is 0 Å². The number of hydrogen-bond donors (Lipinski definition) is 1. The van der Waals surface area contributed by atoms with Gasteiger partial charge in [0.25, 0.3) is 0 Å². The second kappa shape index (κ2) is 5.90. The van der Waals surface area contributed by atoms with Gasteiger partial charge in [-0.1, -0.05) is 18.2 Å². The monoisotopic (exact) mass is 262 g/mol. The normalized spacial score (nSPS) is 26.6. The van der Waals surface area contributed by atoms with E-state index in [4.69, 9.17) is 15.2 Å². The third kappa shape index (κ3) is 3.08. The van der Waals surface area contributed by atoms with E-state index in [1.165, 1.54) is 12.8 Å². The number of ether oxygens (including phenoxy) is 2. The molecule has 4 nitrogen and oxygen atoms in total. The Kier molecular flexibility index (Phi) is 4.01. The number of benzene rings is 1. The number of fused-ring (bicyclic) bond motifs is 2. The summed E-state index contributed by atoms with van der Waals surface area (Å²) >= 11 is 0. The average Bonchev–Trinajstić information content (AvgIpc) is 2.78. The molecule has 104 valence electrons. The topological polar surface area (TPSA) is 47.7 Å². The summed E-state index contributed by atoms with van der Waals surface area (Å²) < 4.78 is 11.7. The zero-order chi connectivity index (χ0) is 13.1. The van der Waals surface area contributed by atoms with Crippen LogP contribution in [0.1, 0.15) is 18.4 Å². The molecule has 2 fully saturated rings. The van der Waals surface area contributed by atoms with Crippen molar-refractivity contribution in [2.75, 3.05) is 26.2 Å². The Bertz CT molecular complexity index is 412. The molecule has 2 aliphatic heterocycles. The summed E-state index contributed by atoms with van der Waals surface area (Å²) in [4.78, 5) is 2.46. The first kappa shape index (κ1) is 12.9. The maximum Gasteiger partial charge on any atom is 0.123 e. The van der Waals surface area contributed by atoms with Crippen molar-refractivity contribution in [3.8, 4) is 5.75 Å². The highest BCUT2D eigenvalue weighted by molar-refractivity contribution is 5.32. The largest absolute Gasteiger partial charge is 0.492 e. The van der Waals surface area contributed by atoms with Crippen molar-refractivity contribution in [2.24, 2.45) is 5.73 Å². The lowest BCUT2D eigenvalue weighted by Gasteiger charge is -2.31. The van der Waals surface area contributed by atoms with Crippen LogP contribution in [0.25, 0.3) is 0 Å². The lowest BCUT2D eigenvalue weighted by molar-refractivity contribution is -0.0409. The number of nitrogens with two attached hydrogens (primary N) is 1. The van der Waals surface area contributed by atoms with Gasteiger partial charge in [0.05, 0.1) is 12.2 Å². The minimum atomic E-state index is 0.454. The molecule has 2 atom stereocenters. The molecule has 2 bridgehead atoms. The number of rotatable bonds is 5. The van der Waals surface area contributed by atoms with Gasteiger partial charge in [-0.05, 0) is 18.9 Å². The van der Waals surface area contributed by atoms with Crippen LogP contribution in [-0.4, -0.2) is 43.3 Å². The number of nitrogens with zero attached hydrogens (tertiary/aromatic N) is 1. The molecular formula is C15H22N2O2. The summed E-state index contributed by atoms with van der Waals surface area (Å²) in [7, 11) is 0. The Hall–Kier alpha value is -1.10. The zero-order valence-corrected chi connectivity index (χ0v) is 11.3. The molecule has 1 aromatic rings. The summed E-state index contributed by atoms with van der Waals surface area (Å²) in [6.07, 6.45) is 3.35. The van der Waals surface area contributed by atoms with Gasteiger partial charge in [0, 0.05) is 31.7 Å². The lowest BCUT2D eigenvalue weighted by atomic mass is 10.2. The van der Waals surface area contributed by atoms with Crippen LogP contribution >= 0.6 is 0 Å². The Labute approximate surface area is 114 Å². The molecule has 0 aliphatic carbocycles. The fourth-order valence-corrected chi connectivity index (χ4v) is 2.98. The van der Waals surface area contributed by atoms with Crippen LogP contribution in [0.5, 0.6) is 5.75 Å². The molecule has 1 aromatic carbocycles. The molecule has 2 heterocycles. The molecule has 2 unspecified atom stereocenters. The molecule has 2 saturated heterocycles. The molecule has 2 N–H and O–H groups in total. The minimum Gasteiger partial charge on any atom is -0.492 e. The van der Waals surface area contributed by atoms with E-state index in [1.54, 1.807) is 0 Å². The molecule has 4 heteroatoms. The van der Waals surface area contributed by atoms with E-state index in [2.05, 4.69) is 4.90 Å². The van der Waals surface area contributed by atoms with Crippen LogP contribution in [0.2, 0.25) is 0 Å². The van der Waals surface area contributed by atoms with Crippen molar-refractivity contribution in [2.45, 2.75) is 31.6 Å². The van der Waals surface area contributed by atoms with Gasteiger partial charge in [0.1, 0.15) is 12.4 Å². The van der Waals surface area contributed by atoms with E-state index >= 15 is 0 Å². The van der Waals surface area contributed by atoms with Crippen molar-refractivity contribution >= 4 is 0 Å². The average molecular weight is 262 g/mol. The second-order valence-electron chi connectivity index (χ2n) is 5.38. The first-order valence-corrected chi connectivity index (χ1v) is 7.14. The third-order valence-electron chi connectivity index (χ3n) is 3.98. The van der Waals surface area contributed by atoms with Crippen molar-refractivity contribution in [3.63, 3.8) is 0 Å². The smallest absolute Gasteiger partial charge is 0.123 e. The fraction of sp³-hybridized carbons (Fsp3) is 0.600. The van der Waals surface area contributed by atoms with Crippen molar-refractivity contribution in [1.29, 1.82) is 0 Å². The van der Waals surface area contributed by atoms with Gasteiger partial charge in [0.15, 0.2) is 0 Å². The number of para-hydroxylation sites is 1. The van der Waals surface area contributed by atoms with Crippen LogP contribution in [0.15, 0.2) is 24.3 Å². The first-order chi connectivity index (χ1) is 9.35. The Morgan fingerprint density at radius 3 is 2.68 bits per heavy atom. The molecule has 0 spiro atoms. The van der Waals surface area contributed by atoms with Gasteiger partial charge >= 0.3 is 0 Å². The molecule has 3 rings (SSSR count). The molecule has 0 aromatic heterocycles. The third-order valence-corrected chi connectivity index (χ3v) is 3.98. The van der Waals surface area contributed by atoms with E-state index in [0.29, 0.717) is 18.8 Å². The quantitative estimate of drug-likeness (QED) is 0.871. The summed E-state index contributed by atoms with van der Waals surface area (Å²) in [5.74, 6) is 0.918. The molecular weight excluding hydrogens is 240 g/mol. The molecule has 19 heavy (non-hydrogen) atoms. The predicted octanol–water partition coefficient (Wildman–Crippen LogP) is 1.39. The van der Waals surface area contributed by atoms with E-state index < -0.39 is 0 Å². The fourth-order valence-electron chi connectivity index (χ4n) is 2.98. The van der Waals surface area contributed by atoms with Crippen molar-refractivity contribution in [1.82, 2.24) is 4.90 Å². The minimum absolute atomic E-state index is 0.454. The second-order valence-corrected chi connectivity index (χ2v) is 5.38. The highest BCUT2D eigenvalue weighted by Gasteiger charge is 2.33. The molecule has 0 radical (unpaired) electrons. The van der Waals surface area contributed by atoms with Crippen LogP contribution in [0.3, 0.4) is 0 Å². The molecule has 0 amide bonds. The van der Waals surface area contributed by atoms with Crippen LogP contribution < -0.4 is 10.5 Å². The van der Waals surface area contributed by atoms with Gasteiger partial charge in [-0.3, -0.25) is 4.90 Å². The standard InChI is InChI=1S/C15H22N2O2/c16-9-12-3-1-2-4-15(12)18-8-7-17-10-13-5-6-14(11-17)19-13/h1-4,13-14H,5-11,16H2. The predicted molar refractivity (Wildman–Crippen MR) is 74.2 cm³/mol. The van der Waals surface area contributed by atoms with Crippen molar-refractivity contribution < 1.29 is 9.47 Å². The summed E-state index contributed by atoms with van der Waals surface area (Å²) in [6, 6.07) is 7.99. The SMILES string of the molecule is NCc1ccccc1OCCN1CC2CCC(C1)O2. The first-order valence-electron chi connectivity index (χ1n) is 7.14. The highest BCUT2D eigenvalue weighted by atomic mass is 16.5. The number of likely N-dealkylation sites (tertiary alicyclic amines) is 1. The summed E-state index contributed by atoms with van der Waals surface area (Å²) in [5, 5.41) is 0. The maximum absolute atomic E-state index is 5.86. The van der Waals surface area contributed by atoms with E-state index in [0.717, 1.165) is 37.6 Å². The van der Waals surface area contributed by atoms with Gasteiger partial charge in [-0.15, -0.1) is 0 Å². The number of morpholine rings is 1. The molecule has 2 aliphatic rings. The van der Waals surface area contributed by atoms with Gasteiger partial charge in [0.2, 0.25) is 0 Å². The lowest BCUT2D eigenvalue weighted by Crippen LogP contribution is -2.44. The van der Waals surface area contributed by atoms with Gasteiger partial charge < -0.3 is 15.2 Å². The summed E-state index contributed by atoms with van der Waals surface area (Å²) in [6.45, 7) is 4.32.